The van der Waals surface area contributed by atoms with Gasteiger partial charge in [0.25, 0.3) is 5.91 Å². The van der Waals surface area contributed by atoms with Crippen molar-refractivity contribution in [1.82, 2.24) is 10.2 Å². The molecule has 0 bridgehead atoms. The number of halogens is 3. The quantitative estimate of drug-likeness (QED) is 0.816. The zero-order valence-corrected chi connectivity index (χ0v) is 15.1. The van der Waals surface area contributed by atoms with Crippen LogP contribution in [0.15, 0.2) is 48.5 Å². The molecule has 6 heteroatoms. The number of carbonyl (C=O) groups excluding carboxylic acids is 1. The first-order valence-electron chi connectivity index (χ1n) is 9.18. The highest BCUT2D eigenvalue weighted by Gasteiger charge is 2.32. The molecule has 1 aliphatic rings. The van der Waals surface area contributed by atoms with Crippen molar-refractivity contribution in [3.63, 3.8) is 0 Å². The smallest absolute Gasteiger partial charge is 0.352 e. The average molecular weight is 376 g/mol. The molecule has 0 unspecified atom stereocenters. The molecule has 0 radical (unpaired) electrons. The van der Waals surface area contributed by atoms with Crippen LogP contribution >= 0.6 is 0 Å². The molecule has 27 heavy (non-hydrogen) atoms. The van der Waals surface area contributed by atoms with E-state index >= 15 is 0 Å². The van der Waals surface area contributed by atoms with Crippen LogP contribution in [-0.2, 0) is 19.1 Å². The van der Waals surface area contributed by atoms with Crippen molar-refractivity contribution in [2.75, 3.05) is 19.6 Å². The van der Waals surface area contributed by atoms with Crippen LogP contribution < -0.4 is 5.32 Å². The van der Waals surface area contributed by atoms with E-state index in [1.54, 1.807) is 18.2 Å². The Morgan fingerprint density at radius 3 is 2.33 bits per heavy atom. The molecule has 1 amide bonds. The monoisotopic (exact) mass is 376 g/mol. The van der Waals surface area contributed by atoms with Gasteiger partial charge in [0.1, 0.15) is 0 Å². The number of nitrogens with one attached hydrogen (secondary N) is 1. The first kappa shape index (κ1) is 19.4. The number of carbonyl (C=O) groups is 1. The van der Waals surface area contributed by atoms with E-state index in [-0.39, 0.29) is 24.4 Å². The summed E-state index contributed by atoms with van der Waals surface area (Å²) >= 11 is 0. The van der Waals surface area contributed by atoms with E-state index in [4.69, 9.17) is 0 Å². The molecule has 3 rings (SSSR count). The van der Waals surface area contributed by atoms with Gasteiger partial charge in [0.15, 0.2) is 0 Å². The number of hydrogen-bond donors (Lipinski definition) is 1. The van der Waals surface area contributed by atoms with Gasteiger partial charge in [-0.15, -0.1) is 0 Å². The van der Waals surface area contributed by atoms with E-state index in [1.165, 1.54) is 25.0 Å². The van der Waals surface area contributed by atoms with E-state index in [0.717, 1.165) is 31.3 Å². The Kier molecular flexibility index (Phi) is 6.16. The first-order valence-corrected chi connectivity index (χ1v) is 9.18. The van der Waals surface area contributed by atoms with Crippen LogP contribution in [0.25, 0.3) is 0 Å². The van der Waals surface area contributed by atoms with Gasteiger partial charge in [-0.05, 0) is 61.7 Å². The van der Waals surface area contributed by atoms with Crippen molar-refractivity contribution in [3.05, 3.63) is 70.8 Å². The standard InChI is InChI=1S/C21H23F3N2O/c22-21(23,24)19-6-2-1-5-17(19)11-12-25-20(27)18-9-7-16(8-10-18)15-26-13-3-4-14-26/h1-2,5-10H,3-4,11-15H2,(H,25,27). The van der Waals surface area contributed by atoms with Gasteiger partial charge in [0.05, 0.1) is 5.56 Å². The second kappa shape index (κ2) is 8.57. The second-order valence-electron chi connectivity index (χ2n) is 6.84. The zero-order valence-electron chi connectivity index (χ0n) is 15.1. The lowest BCUT2D eigenvalue weighted by Crippen LogP contribution is -2.26. The Labute approximate surface area is 157 Å². The summed E-state index contributed by atoms with van der Waals surface area (Å²) in [6.45, 7) is 3.26. The van der Waals surface area contributed by atoms with E-state index in [1.807, 2.05) is 12.1 Å². The minimum atomic E-state index is -4.38. The third-order valence-corrected chi connectivity index (χ3v) is 4.82. The van der Waals surface area contributed by atoms with E-state index in [0.29, 0.717) is 5.56 Å². The minimum Gasteiger partial charge on any atom is -0.352 e. The topological polar surface area (TPSA) is 32.3 Å². The van der Waals surface area contributed by atoms with Crippen molar-refractivity contribution in [3.8, 4) is 0 Å². The van der Waals surface area contributed by atoms with Gasteiger partial charge in [-0.1, -0.05) is 30.3 Å². The Bertz CT molecular complexity index is 766. The number of amides is 1. The van der Waals surface area contributed by atoms with Crippen LogP contribution in [0.1, 0.15) is 39.9 Å². The molecule has 1 aliphatic heterocycles. The molecular formula is C21H23F3N2O. The fraction of sp³-hybridized carbons (Fsp3) is 0.381. The third-order valence-electron chi connectivity index (χ3n) is 4.82. The van der Waals surface area contributed by atoms with Gasteiger partial charge >= 0.3 is 6.18 Å². The van der Waals surface area contributed by atoms with Crippen LogP contribution in [0.2, 0.25) is 0 Å². The number of benzene rings is 2. The maximum absolute atomic E-state index is 13.0. The molecule has 1 fully saturated rings. The first-order chi connectivity index (χ1) is 12.9. The van der Waals surface area contributed by atoms with Crippen molar-refractivity contribution in [2.45, 2.75) is 32.0 Å². The highest BCUT2D eigenvalue weighted by atomic mass is 19.4. The summed E-state index contributed by atoms with van der Waals surface area (Å²) in [5, 5.41) is 2.70. The molecule has 2 aromatic carbocycles. The molecule has 144 valence electrons. The molecule has 1 heterocycles. The zero-order chi connectivity index (χ0) is 19.3. The Morgan fingerprint density at radius 2 is 1.67 bits per heavy atom. The highest BCUT2D eigenvalue weighted by Crippen LogP contribution is 2.31. The number of rotatable bonds is 6. The van der Waals surface area contributed by atoms with Crippen molar-refractivity contribution >= 4 is 5.91 Å². The van der Waals surface area contributed by atoms with Crippen molar-refractivity contribution in [1.29, 1.82) is 0 Å². The van der Waals surface area contributed by atoms with Gasteiger partial charge in [-0.3, -0.25) is 9.69 Å². The SMILES string of the molecule is O=C(NCCc1ccccc1C(F)(F)F)c1ccc(CN2CCCC2)cc1. The van der Waals surface area contributed by atoms with Crippen LogP contribution in [0.4, 0.5) is 13.2 Å². The Balaban J connectivity index is 1.52. The number of nitrogens with zero attached hydrogens (tertiary/aromatic N) is 1. The van der Waals surface area contributed by atoms with Gasteiger partial charge in [-0.25, -0.2) is 0 Å². The van der Waals surface area contributed by atoms with Gasteiger partial charge < -0.3 is 5.32 Å². The maximum Gasteiger partial charge on any atom is 0.416 e. The molecule has 2 aromatic rings. The fourth-order valence-electron chi connectivity index (χ4n) is 3.39. The molecular weight excluding hydrogens is 353 g/mol. The maximum atomic E-state index is 13.0. The summed E-state index contributed by atoms with van der Waals surface area (Å²) in [4.78, 5) is 14.6. The average Bonchev–Trinajstić information content (AvgIpc) is 3.15. The second-order valence-corrected chi connectivity index (χ2v) is 6.84. The molecule has 1 saturated heterocycles. The predicted octanol–water partition coefficient (Wildman–Crippen LogP) is 4.27. The minimum absolute atomic E-state index is 0.133. The summed E-state index contributed by atoms with van der Waals surface area (Å²) in [5.74, 6) is -0.271. The Morgan fingerprint density at radius 1 is 1.00 bits per heavy atom. The largest absolute Gasteiger partial charge is 0.416 e. The van der Waals surface area contributed by atoms with Crippen LogP contribution in [0.5, 0.6) is 0 Å². The van der Waals surface area contributed by atoms with Gasteiger partial charge in [-0.2, -0.15) is 13.2 Å². The lowest BCUT2D eigenvalue weighted by Gasteiger charge is -2.15. The van der Waals surface area contributed by atoms with E-state index in [9.17, 15) is 18.0 Å². The third kappa shape index (κ3) is 5.32. The Hall–Kier alpha value is -2.34. The molecule has 1 N–H and O–H groups in total. The van der Waals surface area contributed by atoms with E-state index < -0.39 is 11.7 Å². The van der Waals surface area contributed by atoms with Crippen LogP contribution in [0.3, 0.4) is 0 Å². The van der Waals surface area contributed by atoms with Crippen molar-refractivity contribution < 1.29 is 18.0 Å². The lowest BCUT2D eigenvalue weighted by molar-refractivity contribution is -0.138. The van der Waals surface area contributed by atoms with Crippen LogP contribution in [0, 0.1) is 0 Å². The lowest BCUT2D eigenvalue weighted by atomic mass is 10.0. The molecule has 3 nitrogen and oxygen atoms in total. The number of alkyl halides is 3. The molecule has 0 spiro atoms. The van der Waals surface area contributed by atoms with Crippen molar-refractivity contribution in [2.24, 2.45) is 0 Å². The summed E-state index contributed by atoms with van der Waals surface area (Å²) in [6, 6.07) is 12.9. The molecule has 0 aromatic heterocycles. The fourth-order valence-corrected chi connectivity index (χ4v) is 3.39. The summed E-state index contributed by atoms with van der Waals surface area (Å²) in [5.41, 5.74) is 1.22. The summed E-state index contributed by atoms with van der Waals surface area (Å²) in [7, 11) is 0. The summed E-state index contributed by atoms with van der Waals surface area (Å²) in [6.07, 6.45) is -1.78. The van der Waals surface area contributed by atoms with Crippen LogP contribution in [-0.4, -0.2) is 30.4 Å². The number of likely N-dealkylation sites (tertiary alicyclic amines) is 1. The molecule has 0 atom stereocenters. The summed E-state index contributed by atoms with van der Waals surface area (Å²) < 4.78 is 39.0. The van der Waals surface area contributed by atoms with Gasteiger partial charge in [0, 0.05) is 18.7 Å². The van der Waals surface area contributed by atoms with Gasteiger partial charge in [0.2, 0.25) is 0 Å². The molecule has 0 aliphatic carbocycles. The normalized spacial score (nSPS) is 15.1. The highest BCUT2D eigenvalue weighted by molar-refractivity contribution is 5.94. The number of hydrogen-bond acceptors (Lipinski definition) is 2. The molecule has 0 saturated carbocycles. The van der Waals surface area contributed by atoms with E-state index in [2.05, 4.69) is 10.2 Å². The predicted molar refractivity (Wildman–Crippen MR) is 98.4 cm³/mol.